The average Bonchev–Trinajstić information content (AvgIpc) is 3.17. The number of likely N-dealkylation sites (N-methyl/N-ethyl adjacent to an activating group) is 1. The summed E-state index contributed by atoms with van der Waals surface area (Å²) >= 11 is 0. The summed E-state index contributed by atoms with van der Waals surface area (Å²) in [5, 5.41) is 7.41. The normalized spacial score (nSPS) is 16.4. The van der Waals surface area contributed by atoms with Crippen LogP contribution in [0, 0.1) is 0 Å². The van der Waals surface area contributed by atoms with Crippen LogP contribution >= 0.6 is 0 Å². The fourth-order valence-electron chi connectivity index (χ4n) is 3.45. The minimum Gasteiger partial charge on any atom is -0.368 e. The molecule has 1 aliphatic rings. The molecule has 0 saturated carbocycles. The fraction of sp³-hybridized carbons (Fsp3) is 0.500. The largest absolute Gasteiger partial charge is 0.368 e. The van der Waals surface area contributed by atoms with Gasteiger partial charge in [-0.15, -0.1) is 0 Å². The van der Waals surface area contributed by atoms with Crippen LogP contribution in [0.5, 0.6) is 0 Å². The lowest BCUT2D eigenvalue weighted by Gasteiger charge is -2.37. The van der Waals surface area contributed by atoms with Crippen molar-refractivity contribution < 1.29 is 14.1 Å². The quantitative estimate of drug-likeness (QED) is 0.825. The molecule has 6 nitrogen and oxygen atoms in total. The maximum absolute atomic E-state index is 12.8. The van der Waals surface area contributed by atoms with Gasteiger partial charge in [-0.05, 0) is 32.4 Å². The van der Waals surface area contributed by atoms with Crippen molar-refractivity contribution >= 4 is 5.91 Å². The molecule has 2 aromatic rings. The van der Waals surface area contributed by atoms with Gasteiger partial charge in [-0.3, -0.25) is 4.79 Å². The van der Waals surface area contributed by atoms with Crippen LogP contribution in [0.25, 0.3) is 11.3 Å². The molecule has 1 aliphatic heterocycles. The van der Waals surface area contributed by atoms with Crippen molar-refractivity contribution in [3.8, 4) is 11.3 Å². The maximum atomic E-state index is 12.8. The lowest BCUT2D eigenvalue weighted by atomic mass is 9.90. The zero-order valence-corrected chi connectivity index (χ0v) is 15.5. The number of methoxy groups -OCH3 is 1. The fourth-order valence-corrected chi connectivity index (χ4v) is 3.45. The smallest absolute Gasteiger partial charge is 0.254 e. The molecule has 6 heteroatoms. The Hall–Kier alpha value is -2.18. The van der Waals surface area contributed by atoms with Gasteiger partial charge in [-0.2, -0.15) is 0 Å². The van der Waals surface area contributed by atoms with Gasteiger partial charge in [-0.25, -0.2) is 0 Å². The summed E-state index contributed by atoms with van der Waals surface area (Å²) in [4.78, 5) is 14.6. The predicted octanol–water partition coefficient (Wildman–Crippen LogP) is 2.50. The highest BCUT2D eigenvalue weighted by atomic mass is 16.5. The molecule has 140 valence electrons. The van der Waals surface area contributed by atoms with E-state index in [1.54, 1.807) is 12.0 Å². The molecular formula is C20H27N3O3. The number of aryl methyl sites for hydroxylation is 1. The number of rotatable bonds is 7. The number of benzene rings is 1. The molecule has 0 atom stereocenters. The summed E-state index contributed by atoms with van der Waals surface area (Å²) in [6.45, 7) is 2.29. The van der Waals surface area contributed by atoms with Gasteiger partial charge in [0.1, 0.15) is 17.1 Å². The minimum absolute atomic E-state index is 0.0732. The Morgan fingerprint density at radius 3 is 2.73 bits per heavy atom. The zero-order chi connectivity index (χ0) is 18.4. The van der Waals surface area contributed by atoms with Crippen molar-refractivity contribution in [2.75, 3.05) is 33.8 Å². The Bertz CT molecular complexity index is 708. The molecule has 0 bridgehead atoms. The number of carbonyl (C=O) groups excluding carboxylic acids is 1. The molecule has 26 heavy (non-hydrogen) atoms. The SMILES string of the molecule is COC1(C(=O)N(C)CCCc2cc(-c3ccccc3)no2)CCNCC1. The summed E-state index contributed by atoms with van der Waals surface area (Å²) in [7, 11) is 3.48. The summed E-state index contributed by atoms with van der Waals surface area (Å²) in [5.41, 5.74) is 1.22. The van der Waals surface area contributed by atoms with Gasteiger partial charge in [0.2, 0.25) is 0 Å². The number of piperidine rings is 1. The van der Waals surface area contributed by atoms with Crippen LogP contribution < -0.4 is 5.32 Å². The van der Waals surface area contributed by atoms with E-state index in [1.807, 2.05) is 43.4 Å². The number of hydrogen-bond donors (Lipinski definition) is 1. The summed E-state index contributed by atoms with van der Waals surface area (Å²) in [6, 6.07) is 11.9. The van der Waals surface area contributed by atoms with Gasteiger partial charge < -0.3 is 19.5 Å². The van der Waals surface area contributed by atoms with E-state index in [2.05, 4.69) is 10.5 Å². The second kappa shape index (κ2) is 8.47. The lowest BCUT2D eigenvalue weighted by Crippen LogP contribution is -2.54. The van der Waals surface area contributed by atoms with Gasteiger partial charge in [0.25, 0.3) is 5.91 Å². The number of carbonyl (C=O) groups is 1. The Balaban J connectivity index is 1.51. The summed E-state index contributed by atoms with van der Waals surface area (Å²) in [5.74, 6) is 0.914. The molecule has 0 radical (unpaired) electrons. The highest BCUT2D eigenvalue weighted by Crippen LogP contribution is 2.25. The Labute approximate surface area is 154 Å². The van der Waals surface area contributed by atoms with Crippen LogP contribution in [0.4, 0.5) is 0 Å². The Morgan fingerprint density at radius 1 is 1.31 bits per heavy atom. The second-order valence-electron chi connectivity index (χ2n) is 6.82. The van der Waals surface area contributed by atoms with Crippen LogP contribution in [0.2, 0.25) is 0 Å². The van der Waals surface area contributed by atoms with Crippen molar-refractivity contribution in [3.05, 3.63) is 42.2 Å². The van der Waals surface area contributed by atoms with E-state index in [4.69, 9.17) is 9.26 Å². The summed E-state index contributed by atoms with van der Waals surface area (Å²) in [6.07, 6.45) is 3.01. The first-order chi connectivity index (χ1) is 12.6. The van der Waals surface area contributed by atoms with Crippen LogP contribution in [0.3, 0.4) is 0 Å². The molecule has 1 amide bonds. The van der Waals surface area contributed by atoms with E-state index in [-0.39, 0.29) is 5.91 Å². The molecule has 1 aromatic carbocycles. The van der Waals surface area contributed by atoms with Crippen molar-refractivity contribution in [1.29, 1.82) is 0 Å². The highest BCUT2D eigenvalue weighted by Gasteiger charge is 2.41. The number of aromatic nitrogens is 1. The topological polar surface area (TPSA) is 67.6 Å². The molecule has 0 aliphatic carbocycles. The Kier molecular flexibility index (Phi) is 6.06. The number of hydrogen-bond acceptors (Lipinski definition) is 5. The molecule has 1 fully saturated rings. The first-order valence-corrected chi connectivity index (χ1v) is 9.17. The van der Waals surface area contributed by atoms with E-state index >= 15 is 0 Å². The van der Waals surface area contributed by atoms with E-state index in [0.717, 1.165) is 55.8 Å². The second-order valence-corrected chi connectivity index (χ2v) is 6.82. The van der Waals surface area contributed by atoms with Crippen LogP contribution in [-0.2, 0) is 16.0 Å². The third kappa shape index (κ3) is 4.14. The monoisotopic (exact) mass is 357 g/mol. The average molecular weight is 357 g/mol. The van der Waals surface area contributed by atoms with Crippen molar-refractivity contribution in [2.45, 2.75) is 31.3 Å². The first-order valence-electron chi connectivity index (χ1n) is 9.17. The highest BCUT2D eigenvalue weighted by molar-refractivity contribution is 5.85. The standard InChI is InChI=1S/C20H27N3O3/c1-23(19(24)20(25-2)10-12-21-13-11-20)14-6-9-17-15-18(22-26-17)16-7-4-3-5-8-16/h3-5,7-8,15,21H,6,9-14H2,1-2H3. The molecule has 2 heterocycles. The van der Waals surface area contributed by atoms with Crippen LogP contribution in [-0.4, -0.2) is 55.4 Å². The molecule has 1 saturated heterocycles. The Morgan fingerprint density at radius 2 is 2.04 bits per heavy atom. The number of nitrogens with zero attached hydrogens (tertiary/aromatic N) is 2. The first kappa shape index (κ1) is 18.6. The van der Waals surface area contributed by atoms with Gasteiger partial charge in [0.05, 0.1) is 0 Å². The maximum Gasteiger partial charge on any atom is 0.254 e. The van der Waals surface area contributed by atoms with Crippen LogP contribution in [0.1, 0.15) is 25.0 Å². The van der Waals surface area contributed by atoms with E-state index < -0.39 is 5.60 Å². The predicted molar refractivity (Wildman–Crippen MR) is 99.7 cm³/mol. The number of ether oxygens (including phenoxy) is 1. The van der Waals surface area contributed by atoms with Crippen molar-refractivity contribution in [3.63, 3.8) is 0 Å². The molecule has 1 N–H and O–H groups in total. The number of nitrogens with one attached hydrogen (secondary N) is 1. The lowest BCUT2D eigenvalue weighted by molar-refractivity contribution is -0.157. The number of amides is 1. The van der Waals surface area contributed by atoms with E-state index in [0.29, 0.717) is 6.54 Å². The molecule has 1 aromatic heterocycles. The third-order valence-electron chi connectivity index (χ3n) is 5.08. The van der Waals surface area contributed by atoms with Gasteiger partial charge in [0.15, 0.2) is 0 Å². The summed E-state index contributed by atoms with van der Waals surface area (Å²) < 4.78 is 11.1. The molecule has 3 rings (SSSR count). The molecular weight excluding hydrogens is 330 g/mol. The third-order valence-corrected chi connectivity index (χ3v) is 5.08. The van der Waals surface area contributed by atoms with Gasteiger partial charge in [-0.1, -0.05) is 35.5 Å². The van der Waals surface area contributed by atoms with Crippen LogP contribution in [0.15, 0.2) is 40.9 Å². The van der Waals surface area contributed by atoms with E-state index in [1.165, 1.54) is 0 Å². The zero-order valence-electron chi connectivity index (χ0n) is 15.5. The van der Waals surface area contributed by atoms with Gasteiger partial charge >= 0.3 is 0 Å². The molecule has 0 unspecified atom stereocenters. The van der Waals surface area contributed by atoms with Gasteiger partial charge in [0, 0.05) is 38.8 Å². The molecule has 0 spiro atoms. The minimum atomic E-state index is -0.674. The van der Waals surface area contributed by atoms with Crippen molar-refractivity contribution in [1.82, 2.24) is 15.4 Å². The van der Waals surface area contributed by atoms with E-state index in [9.17, 15) is 4.79 Å². The van der Waals surface area contributed by atoms with Crippen molar-refractivity contribution in [2.24, 2.45) is 0 Å².